The van der Waals surface area contributed by atoms with Crippen LogP contribution in [0.5, 0.6) is 0 Å². The molecule has 4 nitrogen and oxygen atoms in total. The highest BCUT2D eigenvalue weighted by Crippen LogP contribution is 2.53. The second-order valence-electron chi connectivity index (χ2n) is 13.7. The maximum absolute atomic E-state index is 12.4. The fourth-order valence-corrected chi connectivity index (χ4v) is 8.38. The van der Waals surface area contributed by atoms with Crippen molar-refractivity contribution in [1.82, 2.24) is 0 Å². The fourth-order valence-electron chi connectivity index (χ4n) is 7.32. The Morgan fingerprint density at radius 3 is 1.20 bits per heavy atom. The fraction of sp³-hybridized carbons (Fsp3) is 0.0833. The number of hydrogen-bond acceptors (Lipinski definition) is 4. The Hall–Kier alpha value is -4.28. The zero-order valence-corrected chi connectivity index (χ0v) is 36.6. The number of benzene rings is 7. The predicted molar refractivity (Wildman–Crippen MR) is 236 cm³/mol. The van der Waals surface area contributed by atoms with Crippen molar-refractivity contribution >= 4 is 75.3 Å². The molecule has 8 heteroatoms. The van der Waals surface area contributed by atoms with Crippen molar-refractivity contribution in [3.63, 3.8) is 0 Å². The van der Waals surface area contributed by atoms with E-state index in [-0.39, 0.29) is 11.6 Å². The molecule has 0 aromatic heterocycles. The molecule has 2 N–H and O–H groups in total. The summed E-state index contributed by atoms with van der Waals surface area (Å²) in [7, 11) is 0. The average Bonchev–Trinajstić information content (AvgIpc) is 3.21. The van der Waals surface area contributed by atoms with Gasteiger partial charge in [-0.3, -0.25) is 9.59 Å². The lowest BCUT2D eigenvalue weighted by atomic mass is 9.63. The van der Waals surface area contributed by atoms with Gasteiger partial charge in [-0.1, -0.05) is 178 Å². The zero-order valence-electron chi connectivity index (χ0n) is 30.2. The van der Waals surface area contributed by atoms with E-state index in [2.05, 4.69) is 63.7 Å². The largest absolute Gasteiger partial charge is 0.376 e. The number of aryl methyl sites for hydroxylation is 2. The van der Waals surface area contributed by atoms with E-state index in [1.807, 2.05) is 135 Å². The molecule has 7 aromatic carbocycles. The molecule has 0 bridgehead atoms. The van der Waals surface area contributed by atoms with E-state index in [4.69, 9.17) is 0 Å². The summed E-state index contributed by atoms with van der Waals surface area (Å²) >= 11 is 13.6. The molecule has 0 radical (unpaired) electrons. The second-order valence-corrected chi connectivity index (χ2v) is 17.4. The first-order valence-corrected chi connectivity index (χ1v) is 20.9. The summed E-state index contributed by atoms with van der Waals surface area (Å²) in [5, 5.41) is 24.7. The Bertz CT molecular complexity index is 2580. The number of carbonyl (C=O) groups is 2. The van der Waals surface area contributed by atoms with Gasteiger partial charge in [0.1, 0.15) is 11.2 Å². The molecule has 0 amide bonds. The normalized spacial score (nSPS) is 17.5. The molecule has 0 heterocycles. The highest BCUT2D eigenvalue weighted by molar-refractivity contribution is 9.11. The van der Waals surface area contributed by atoms with Crippen LogP contribution in [0.25, 0.3) is 0 Å². The van der Waals surface area contributed by atoms with Crippen LogP contribution in [0.4, 0.5) is 0 Å². The van der Waals surface area contributed by atoms with Crippen molar-refractivity contribution in [3.8, 4) is 0 Å². The van der Waals surface area contributed by atoms with Crippen molar-refractivity contribution in [2.45, 2.75) is 25.0 Å². The van der Waals surface area contributed by atoms with Crippen LogP contribution in [-0.2, 0) is 11.2 Å². The van der Waals surface area contributed by atoms with Gasteiger partial charge in [-0.05, 0) is 102 Å². The van der Waals surface area contributed by atoms with E-state index in [1.165, 1.54) is 0 Å². The topological polar surface area (TPSA) is 74.6 Å². The number of rotatable bonds is 2. The van der Waals surface area contributed by atoms with Gasteiger partial charge in [0.05, 0.1) is 0 Å². The van der Waals surface area contributed by atoms with E-state index < -0.39 is 11.2 Å². The molecule has 0 saturated heterocycles. The molecule has 0 fully saturated rings. The molecule has 0 aliphatic heterocycles. The van der Waals surface area contributed by atoms with E-state index in [9.17, 15) is 19.8 Å². The summed E-state index contributed by atoms with van der Waals surface area (Å²) in [5.41, 5.74) is 5.54. The van der Waals surface area contributed by atoms with Gasteiger partial charge >= 0.3 is 0 Å². The van der Waals surface area contributed by atoms with E-state index >= 15 is 0 Å². The third-order valence-electron chi connectivity index (χ3n) is 10.1. The number of aliphatic hydroxyl groups is 2. The van der Waals surface area contributed by atoms with Crippen LogP contribution in [0.1, 0.15) is 76.4 Å². The third kappa shape index (κ3) is 7.47. The van der Waals surface area contributed by atoms with Gasteiger partial charge in [-0.25, -0.2) is 0 Å². The molecule has 2 atom stereocenters. The van der Waals surface area contributed by atoms with Gasteiger partial charge in [-0.15, -0.1) is 0 Å². The van der Waals surface area contributed by atoms with Gasteiger partial charge in [0.25, 0.3) is 0 Å². The summed E-state index contributed by atoms with van der Waals surface area (Å²) < 4.78 is 4.11. The van der Waals surface area contributed by atoms with Crippen LogP contribution >= 0.6 is 63.7 Å². The van der Waals surface area contributed by atoms with Crippen molar-refractivity contribution in [3.05, 3.63) is 242 Å². The van der Waals surface area contributed by atoms with Crippen molar-refractivity contribution in [2.75, 3.05) is 0 Å². The van der Waals surface area contributed by atoms with E-state index in [0.29, 0.717) is 44.5 Å². The number of fused-ring (bicyclic) bond motifs is 4. The Labute approximate surface area is 359 Å². The van der Waals surface area contributed by atoms with Crippen LogP contribution in [0.3, 0.4) is 0 Å². The van der Waals surface area contributed by atoms with Gasteiger partial charge in [0.15, 0.2) is 11.6 Å². The first-order chi connectivity index (χ1) is 26.8. The van der Waals surface area contributed by atoms with Crippen molar-refractivity contribution < 1.29 is 19.8 Å². The second kappa shape index (κ2) is 16.3. The highest BCUT2D eigenvalue weighted by Gasteiger charge is 2.50. The van der Waals surface area contributed by atoms with Crippen LogP contribution in [0.15, 0.2) is 176 Å². The molecule has 278 valence electrons. The summed E-state index contributed by atoms with van der Waals surface area (Å²) in [4.78, 5) is 24.5. The van der Waals surface area contributed by atoms with Crippen molar-refractivity contribution in [1.29, 1.82) is 0 Å². The average molecular weight is 994 g/mol. The number of ketones is 2. The monoisotopic (exact) mass is 990 g/mol. The standard InChI is InChI=1S/C27H20Br2O2.C15H10O2.C6H4Br2/c1-17-6-15-24-25(16-17)27(31,19-9-13-21(29)14-10-19)23-5-3-2-4-22(23)26(24,30)18-7-11-20(28)12-8-18;1-9-6-7-12-13(8-9)15(17)11-5-3-2-4-10(11)14(12)16;7-5-1-2-6(8)4-3-5/h2-16,30-31H,1H3;2-8H,1H3;1-4H. The molecule has 0 spiro atoms. The van der Waals surface area contributed by atoms with Gasteiger partial charge in [0.2, 0.25) is 0 Å². The minimum Gasteiger partial charge on any atom is -0.376 e. The first-order valence-electron chi connectivity index (χ1n) is 17.7. The lowest BCUT2D eigenvalue weighted by molar-refractivity contribution is 0.0747. The van der Waals surface area contributed by atoms with Gasteiger partial charge < -0.3 is 10.2 Å². The predicted octanol–water partition coefficient (Wildman–Crippen LogP) is 12.4. The van der Waals surface area contributed by atoms with Crippen LogP contribution < -0.4 is 0 Å². The summed E-state index contributed by atoms with van der Waals surface area (Å²) in [6.07, 6.45) is 0. The lowest BCUT2D eigenvalue weighted by Gasteiger charge is -2.45. The van der Waals surface area contributed by atoms with E-state index in [1.54, 1.807) is 36.4 Å². The summed E-state index contributed by atoms with van der Waals surface area (Å²) in [6, 6.07) is 49.3. The van der Waals surface area contributed by atoms with Crippen LogP contribution in [-0.4, -0.2) is 21.8 Å². The molecule has 0 saturated carbocycles. The lowest BCUT2D eigenvalue weighted by Crippen LogP contribution is -2.44. The van der Waals surface area contributed by atoms with Crippen LogP contribution in [0, 0.1) is 13.8 Å². The highest BCUT2D eigenvalue weighted by atomic mass is 79.9. The van der Waals surface area contributed by atoms with E-state index in [0.717, 1.165) is 40.1 Å². The molecule has 2 aliphatic rings. The minimum atomic E-state index is -1.39. The maximum Gasteiger partial charge on any atom is 0.194 e. The molecular weight excluding hydrogens is 960 g/mol. The number of carbonyl (C=O) groups excluding carboxylic acids is 2. The Kier molecular flexibility index (Phi) is 11.6. The number of halogens is 4. The summed E-state index contributed by atoms with van der Waals surface area (Å²) in [6.45, 7) is 3.92. The SMILES string of the molecule is Brc1ccc(Br)cc1.Cc1ccc2c(c1)C(=O)c1ccccc1C2=O.Cc1ccc2c(c1)C(O)(c1ccc(Br)cc1)c1ccccc1C2(O)c1ccc(Br)cc1. The Balaban J connectivity index is 0.000000159. The molecule has 7 aromatic rings. The quantitative estimate of drug-likeness (QED) is 0.181. The summed E-state index contributed by atoms with van der Waals surface area (Å²) in [5.74, 6) is -0.117. The van der Waals surface area contributed by atoms with Crippen molar-refractivity contribution in [2.24, 2.45) is 0 Å². The van der Waals surface area contributed by atoms with Crippen LogP contribution in [0.2, 0.25) is 0 Å². The van der Waals surface area contributed by atoms with Gasteiger partial charge in [0, 0.05) is 40.1 Å². The third-order valence-corrected chi connectivity index (χ3v) is 12.2. The Morgan fingerprint density at radius 2 is 0.714 bits per heavy atom. The number of hydrogen-bond donors (Lipinski definition) is 2. The molecule has 9 rings (SSSR count). The smallest absolute Gasteiger partial charge is 0.194 e. The minimum absolute atomic E-state index is 0.0566. The first kappa shape index (κ1) is 39.9. The van der Waals surface area contributed by atoms with Gasteiger partial charge in [-0.2, -0.15) is 0 Å². The molecule has 56 heavy (non-hydrogen) atoms. The zero-order chi connectivity index (χ0) is 39.8. The maximum atomic E-state index is 12.4. The molecular formula is C48H34Br4O4. The molecule has 2 unspecified atom stereocenters. The molecule has 2 aliphatic carbocycles. The Morgan fingerprint density at radius 1 is 0.375 bits per heavy atom.